The van der Waals surface area contributed by atoms with E-state index in [-0.39, 0.29) is 204 Å². The van der Waals surface area contributed by atoms with Crippen molar-refractivity contribution in [2.24, 2.45) is 100 Å². The zero-order chi connectivity index (χ0) is 50.2. The number of fused-ring (bicyclic) bond motifs is 14. The summed E-state index contributed by atoms with van der Waals surface area (Å²) < 4.78 is 0. The number of carboxylic acids is 2. The summed E-state index contributed by atoms with van der Waals surface area (Å²) in [4.78, 5) is 52.6. The Kier molecular flexibility index (Phi) is 15.3. The van der Waals surface area contributed by atoms with Crippen LogP contribution in [0.4, 0.5) is 0 Å². The maximum Gasteiger partial charge on any atom is 1.00 e. The summed E-state index contributed by atoms with van der Waals surface area (Å²) in [6.07, 6.45) is 19.4. The molecule has 70 heavy (non-hydrogen) atoms. The molecule has 0 bridgehead atoms. The standard InChI is InChI=1S/2C30H46O4.2K/c2*1-25(2)21-8-11-30(7)23(28(21,5)10-9-22(25)32)20(31)16-18-19-17-27(4,24(33)34)13-12-26(19,3)14-15-29(18,30)6;;/h2*16,19,21-23,32H,8-15,17H2,1-7H3,(H,33,34);;/q;;2*+1/p-2/t2*19-,21?,22+,23?,26-,27+,28+,29-,30-;;/m11../s1. The second kappa shape index (κ2) is 18.3. The molecule has 0 aliphatic heterocycles. The molecule has 0 saturated heterocycles. The number of aliphatic hydroxyl groups is 2. The molecule has 10 aliphatic carbocycles. The predicted octanol–water partition coefficient (Wildman–Crippen LogP) is 4.16. The fourth-order valence-corrected chi connectivity index (χ4v) is 20.7. The smallest absolute Gasteiger partial charge is 0.550 e. The van der Waals surface area contributed by atoms with Gasteiger partial charge in [-0.05, 0) is 206 Å². The fourth-order valence-electron chi connectivity index (χ4n) is 20.7. The van der Waals surface area contributed by atoms with Gasteiger partial charge < -0.3 is 30.0 Å². The van der Waals surface area contributed by atoms with E-state index in [0.717, 1.165) is 89.9 Å². The number of rotatable bonds is 2. The summed E-state index contributed by atoms with van der Waals surface area (Å²) in [7, 11) is 0. The van der Waals surface area contributed by atoms with Gasteiger partial charge in [0.25, 0.3) is 0 Å². The molecule has 18 atom stereocenters. The first-order valence-electron chi connectivity index (χ1n) is 27.4. The number of aliphatic hydroxyl groups excluding tert-OH is 2. The average Bonchev–Trinajstić information content (AvgIpc) is 3.24. The van der Waals surface area contributed by atoms with Crippen LogP contribution in [0.3, 0.4) is 0 Å². The minimum Gasteiger partial charge on any atom is -0.550 e. The first-order valence-corrected chi connectivity index (χ1v) is 27.4. The van der Waals surface area contributed by atoms with Gasteiger partial charge in [-0.1, -0.05) is 108 Å². The molecule has 380 valence electrons. The molecular weight excluding hydrogens is 927 g/mol. The van der Waals surface area contributed by atoms with Crippen LogP contribution in [0.1, 0.15) is 213 Å². The Bertz CT molecular complexity index is 2100. The van der Waals surface area contributed by atoms with Gasteiger partial charge in [0, 0.05) is 34.6 Å². The van der Waals surface area contributed by atoms with Crippen molar-refractivity contribution in [1.29, 1.82) is 0 Å². The molecule has 0 heterocycles. The van der Waals surface area contributed by atoms with E-state index in [1.807, 2.05) is 26.0 Å². The van der Waals surface area contributed by atoms with Crippen molar-refractivity contribution in [3.63, 3.8) is 0 Å². The van der Waals surface area contributed by atoms with Crippen LogP contribution in [0.5, 0.6) is 0 Å². The molecule has 10 aliphatic rings. The second-order valence-corrected chi connectivity index (χ2v) is 29.8. The Morgan fingerprint density at radius 3 is 1.10 bits per heavy atom. The van der Waals surface area contributed by atoms with Gasteiger partial charge in [-0.3, -0.25) is 9.59 Å². The minimum atomic E-state index is -0.940. The van der Waals surface area contributed by atoms with Crippen molar-refractivity contribution in [1.82, 2.24) is 0 Å². The number of allylic oxidation sites excluding steroid dienone is 4. The summed E-state index contributed by atoms with van der Waals surface area (Å²) >= 11 is 0. The van der Waals surface area contributed by atoms with Crippen LogP contribution >= 0.6 is 0 Å². The second-order valence-electron chi connectivity index (χ2n) is 29.8. The molecule has 0 aromatic carbocycles. The van der Waals surface area contributed by atoms with E-state index in [0.29, 0.717) is 37.5 Å². The first kappa shape index (κ1) is 58.6. The van der Waals surface area contributed by atoms with Gasteiger partial charge in [-0.25, -0.2) is 0 Å². The monoisotopic (exact) mass is 1020 g/mol. The molecule has 0 spiro atoms. The number of carboxylic acid groups (broad SMARTS) is 2. The molecule has 8 fully saturated rings. The molecule has 0 aromatic rings. The third kappa shape index (κ3) is 7.88. The molecule has 0 radical (unpaired) electrons. The largest absolute Gasteiger partial charge is 1.00 e. The number of aliphatic carboxylic acids is 2. The van der Waals surface area contributed by atoms with E-state index in [4.69, 9.17) is 0 Å². The molecule has 10 heteroatoms. The predicted molar refractivity (Wildman–Crippen MR) is 261 cm³/mol. The third-order valence-corrected chi connectivity index (χ3v) is 26.1. The van der Waals surface area contributed by atoms with E-state index in [2.05, 4.69) is 83.1 Å². The van der Waals surface area contributed by atoms with Gasteiger partial charge in [0.1, 0.15) is 0 Å². The van der Waals surface area contributed by atoms with Crippen LogP contribution in [-0.4, -0.2) is 45.9 Å². The molecule has 0 aromatic heterocycles. The van der Waals surface area contributed by atoms with Crippen molar-refractivity contribution in [3.05, 3.63) is 23.3 Å². The summed E-state index contributed by atoms with van der Waals surface area (Å²) in [6, 6.07) is 0. The molecular formula is C60H90K2O8. The van der Waals surface area contributed by atoms with Gasteiger partial charge in [-0.2, -0.15) is 0 Å². The normalized spacial score (nSPS) is 52.6. The van der Waals surface area contributed by atoms with Crippen LogP contribution in [-0.2, 0) is 19.2 Å². The Hall–Kier alpha value is 0.953. The van der Waals surface area contributed by atoms with Crippen LogP contribution in [0.15, 0.2) is 23.3 Å². The molecule has 0 amide bonds. The van der Waals surface area contributed by atoms with Crippen LogP contribution in [0.25, 0.3) is 0 Å². The van der Waals surface area contributed by atoms with Crippen molar-refractivity contribution >= 4 is 23.5 Å². The summed E-state index contributed by atoms with van der Waals surface area (Å²) in [5.74, 6) is -0.532. The Morgan fingerprint density at radius 1 is 0.471 bits per heavy atom. The van der Waals surface area contributed by atoms with Gasteiger partial charge in [0.05, 0.1) is 12.2 Å². The SMILES string of the molecule is CC1(C)C2CC[C@]3(C)C(C(=O)C=C4[C@H]5C[C@@](C)(C(=O)[O-])CC[C@]5(C)CC[C@]43C)[C@@]2(C)CC[C@@H]1O.CC1(C)C2CC[C@]3(C)C(C(=O)C=C4[C@H]5C[C@@](C)(C(=O)[O-])CC[C@]5(C)CC[C@]43C)[C@@]2(C)CC[C@@H]1O.[K+].[K+]. The van der Waals surface area contributed by atoms with E-state index < -0.39 is 22.8 Å². The van der Waals surface area contributed by atoms with Gasteiger partial charge in [0.15, 0.2) is 11.6 Å². The topological polar surface area (TPSA) is 155 Å². The first-order chi connectivity index (χ1) is 31.1. The maximum atomic E-state index is 14.2. The van der Waals surface area contributed by atoms with E-state index in [1.165, 1.54) is 11.1 Å². The Labute approximate surface area is 508 Å². The van der Waals surface area contributed by atoms with Gasteiger partial charge in [-0.15, -0.1) is 0 Å². The summed E-state index contributed by atoms with van der Waals surface area (Å²) in [5, 5.41) is 46.0. The van der Waals surface area contributed by atoms with Crippen LogP contribution in [0, 0.1) is 100 Å². The number of carbonyl (C=O) groups excluding carboxylic acids is 4. The Balaban J connectivity index is 0.000000201. The zero-order valence-electron chi connectivity index (χ0n) is 46.8. The van der Waals surface area contributed by atoms with Gasteiger partial charge >= 0.3 is 103 Å². The fraction of sp³-hybridized carbons (Fsp3) is 0.867. The zero-order valence-corrected chi connectivity index (χ0v) is 53.1. The number of carbonyl (C=O) groups is 4. The quantitative estimate of drug-likeness (QED) is 0.392. The molecule has 4 unspecified atom stereocenters. The number of ketones is 2. The van der Waals surface area contributed by atoms with Crippen LogP contribution < -0.4 is 113 Å². The molecule has 2 N–H and O–H groups in total. The molecule has 8 nitrogen and oxygen atoms in total. The Morgan fingerprint density at radius 2 is 0.786 bits per heavy atom. The van der Waals surface area contributed by atoms with Crippen LogP contribution in [0.2, 0.25) is 0 Å². The van der Waals surface area contributed by atoms with E-state index in [1.54, 1.807) is 0 Å². The van der Waals surface area contributed by atoms with Crippen molar-refractivity contribution in [3.8, 4) is 0 Å². The molecule has 10 rings (SSSR count). The summed E-state index contributed by atoms with van der Waals surface area (Å²) in [6.45, 7) is 31.4. The van der Waals surface area contributed by atoms with Crippen molar-refractivity contribution in [2.45, 2.75) is 225 Å². The maximum absolute atomic E-state index is 14.2. The number of hydrogen-bond acceptors (Lipinski definition) is 8. The van der Waals surface area contributed by atoms with Crippen molar-refractivity contribution < 1.29 is 142 Å². The minimum absolute atomic E-state index is 0. The average molecular weight is 1020 g/mol. The third-order valence-electron chi connectivity index (χ3n) is 26.1. The van der Waals surface area contributed by atoms with Crippen molar-refractivity contribution in [2.75, 3.05) is 0 Å². The van der Waals surface area contributed by atoms with Gasteiger partial charge in [0.2, 0.25) is 0 Å². The van der Waals surface area contributed by atoms with E-state index >= 15 is 0 Å². The number of hydrogen-bond donors (Lipinski definition) is 2. The van der Waals surface area contributed by atoms with E-state index in [9.17, 15) is 39.6 Å². The summed E-state index contributed by atoms with van der Waals surface area (Å²) in [5.41, 5.74) is -0.156. The molecule has 8 saturated carbocycles.